The number of carbonyl (C=O) groups is 3. The van der Waals surface area contributed by atoms with Crippen LogP contribution in [0.4, 0.5) is 0 Å². The molecule has 1 heterocycles. The number of ether oxygens (including phenoxy) is 1. The van der Waals surface area contributed by atoms with Crippen molar-refractivity contribution in [3.8, 4) is 5.75 Å². The number of amides is 2. The molecule has 0 saturated heterocycles. The van der Waals surface area contributed by atoms with Gasteiger partial charge in [0.05, 0.1) is 16.5 Å². The number of nitrogens with zero attached hydrogens (tertiary/aromatic N) is 2. The lowest BCUT2D eigenvalue weighted by molar-refractivity contribution is -0.161. The molecular weight excluding hydrogens is 386 g/mol. The summed E-state index contributed by atoms with van der Waals surface area (Å²) in [6.07, 6.45) is 0.480. The van der Waals surface area contributed by atoms with Crippen molar-refractivity contribution >= 4 is 28.5 Å². The van der Waals surface area contributed by atoms with Crippen molar-refractivity contribution in [2.75, 3.05) is 13.7 Å². The zero-order valence-corrected chi connectivity index (χ0v) is 16.8. The Morgan fingerprint density at radius 3 is 2.40 bits per heavy atom. The van der Waals surface area contributed by atoms with E-state index in [1.807, 2.05) is 47.9 Å². The van der Waals surface area contributed by atoms with Crippen LogP contribution >= 0.6 is 0 Å². The van der Waals surface area contributed by atoms with Gasteiger partial charge in [-0.25, -0.2) is 5.06 Å². The first-order valence-corrected chi connectivity index (χ1v) is 9.45. The number of ketones is 1. The molecule has 0 aliphatic heterocycles. The fourth-order valence-corrected chi connectivity index (χ4v) is 3.46. The van der Waals surface area contributed by atoms with Crippen LogP contribution in [0.3, 0.4) is 0 Å². The van der Waals surface area contributed by atoms with E-state index in [0.29, 0.717) is 34.6 Å². The van der Waals surface area contributed by atoms with E-state index in [1.165, 1.54) is 7.05 Å². The fraction of sp³-hybridized carbons (Fsp3) is 0.227. The quantitative estimate of drug-likeness (QED) is 0.256. The number of primary amides is 1. The Labute approximate surface area is 173 Å². The summed E-state index contributed by atoms with van der Waals surface area (Å²) in [6.45, 7) is 1.94. The Morgan fingerprint density at radius 1 is 1.10 bits per heavy atom. The summed E-state index contributed by atoms with van der Waals surface area (Å²) in [7, 11) is 1.19. The summed E-state index contributed by atoms with van der Waals surface area (Å²) < 4.78 is 7.56. The first kappa shape index (κ1) is 21.1. The number of nitrogens with two attached hydrogens (primary N) is 1. The first-order chi connectivity index (χ1) is 14.3. The zero-order valence-electron chi connectivity index (χ0n) is 16.8. The Kier molecular flexibility index (Phi) is 6.17. The third kappa shape index (κ3) is 4.04. The van der Waals surface area contributed by atoms with E-state index in [4.69, 9.17) is 10.5 Å². The van der Waals surface area contributed by atoms with Crippen LogP contribution in [0, 0.1) is 0 Å². The van der Waals surface area contributed by atoms with E-state index < -0.39 is 24.2 Å². The number of benzene rings is 2. The van der Waals surface area contributed by atoms with Crippen molar-refractivity contribution in [3.63, 3.8) is 0 Å². The monoisotopic (exact) mass is 409 g/mol. The zero-order chi connectivity index (χ0) is 21.8. The largest absolute Gasteiger partial charge is 0.483 e. The van der Waals surface area contributed by atoms with Gasteiger partial charge in [-0.15, -0.1) is 0 Å². The van der Waals surface area contributed by atoms with E-state index in [2.05, 4.69) is 0 Å². The molecule has 30 heavy (non-hydrogen) atoms. The van der Waals surface area contributed by atoms with Crippen molar-refractivity contribution in [2.45, 2.75) is 19.9 Å². The van der Waals surface area contributed by atoms with Gasteiger partial charge in [-0.05, 0) is 24.1 Å². The minimum absolute atomic E-state index is 0.177. The van der Waals surface area contributed by atoms with Crippen LogP contribution < -0.4 is 10.5 Å². The Bertz CT molecular complexity index is 1100. The molecule has 1 aromatic heterocycles. The molecule has 0 radical (unpaired) electrons. The predicted octanol–water partition coefficient (Wildman–Crippen LogP) is 2.15. The van der Waals surface area contributed by atoms with Gasteiger partial charge in [0.15, 0.2) is 6.61 Å². The smallest absolute Gasteiger partial charge is 0.289 e. The molecule has 0 atom stereocenters. The molecule has 8 nitrogen and oxygen atoms in total. The second-order valence-corrected chi connectivity index (χ2v) is 6.80. The number of hydrogen-bond donors (Lipinski definition) is 2. The third-order valence-electron chi connectivity index (χ3n) is 4.84. The number of Topliss-reactive ketones (excluding diaryl/α,β-unsaturated/α-hetero) is 1. The topological polar surface area (TPSA) is 115 Å². The number of rotatable bonds is 8. The molecule has 0 bridgehead atoms. The number of likely N-dealkylation sites (N-methyl/N-ethyl adjacent to an activating group) is 1. The first-order valence-electron chi connectivity index (χ1n) is 9.45. The van der Waals surface area contributed by atoms with E-state index in [9.17, 15) is 19.6 Å². The second kappa shape index (κ2) is 8.79. The van der Waals surface area contributed by atoms with Gasteiger partial charge in [0.1, 0.15) is 5.75 Å². The number of aromatic nitrogens is 1. The molecule has 3 rings (SSSR count). The Hall–Kier alpha value is -3.65. The molecule has 0 fully saturated rings. The Balaban J connectivity index is 2.21. The molecule has 0 unspecified atom stereocenters. The summed E-state index contributed by atoms with van der Waals surface area (Å²) >= 11 is 0. The summed E-state index contributed by atoms with van der Waals surface area (Å²) in [4.78, 5) is 36.3. The summed E-state index contributed by atoms with van der Waals surface area (Å²) in [5.74, 6) is -2.28. The highest BCUT2D eigenvalue weighted by Crippen LogP contribution is 2.35. The van der Waals surface area contributed by atoms with Crippen LogP contribution in [-0.4, -0.2) is 46.1 Å². The van der Waals surface area contributed by atoms with Gasteiger partial charge in [0.2, 0.25) is 0 Å². The molecule has 3 N–H and O–H groups in total. The minimum atomic E-state index is -1.07. The second-order valence-electron chi connectivity index (χ2n) is 6.80. The van der Waals surface area contributed by atoms with Crippen LogP contribution in [0.25, 0.3) is 10.9 Å². The van der Waals surface area contributed by atoms with Crippen molar-refractivity contribution in [3.05, 3.63) is 65.4 Å². The molecule has 0 aliphatic rings. The van der Waals surface area contributed by atoms with Gasteiger partial charge in [-0.1, -0.05) is 43.3 Å². The predicted molar refractivity (Wildman–Crippen MR) is 110 cm³/mol. The standard InChI is InChI=1S/C22H23N3O5/c1-3-15-20(21(27)22(23)28)19-16(25(15)12-14-8-5-4-6-9-14)10-7-11-17(19)30-13-18(26)24(2)29/h4-11,29H,3,12-13H2,1-2H3,(H2,23,28). The van der Waals surface area contributed by atoms with E-state index >= 15 is 0 Å². The SMILES string of the molecule is CCc1c(C(=O)C(N)=O)c2c(OCC(=O)N(C)O)cccc2n1Cc1ccccc1. The molecule has 0 spiro atoms. The number of hydrogen-bond acceptors (Lipinski definition) is 5. The van der Waals surface area contributed by atoms with Gasteiger partial charge in [0.25, 0.3) is 17.6 Å². The Morgan fingerprint density at radius 2 is 1.80 bits per heavy atom. The summed E-state index contributed by atoms with van der Waals surface area (Å²) in [6, 6.07) is 14.9. The number of hydroxylamine groups is 2. The normalized spacial score (nSPS) is 10.8. The van der Waals surface area contributed by atoms with Gasteiger partial charge < -0.3 is 15.0 Å². The highest BCUT2D eigenvalue weighted by atomic mass is 16.5. The maximum atomic E-state index is 12.7. The molecule has 0 saturated carbocycles. The van der Waals surface area contributed by atoms with Crippen molar-refractivity contribution < 1.29 is 24.3 Å². The molecule has 0 aliphatic carbocycles. The number of fused-ring (bicyclic) bond motifs is 1. The van der Waals surface area contributed by atoms with E-state index in [0.717, 1.165) is 5.56 Å². The average molecular weight is 409 g/mol. The highest BCUT2D eigenvalue weighted by molar-refractivity contribution is 6.45. The van der Waals surface area contributed by atoms with Crippen LogP contribution in [0.5, 0.6) is 5.75 Å². The van der Waals surface area contributed by atoms with Gasteiger partial charge in [-0.3, -0.25) is 19.6 Å². The maximum absolute atomic E-state index is 12.7. The maximum Gasteiger partial charge on any atom is 0.289 e. The highest BCUT2D eigenvalue weighted by Gasteiger charge is 2.27. The molecule has 3 aromatic rings. The average Bonchev–Trinajstić information content (AvgIpc) is 3.05. The van der Waals surface area contributed by atoms with Gasteiger partial charge in [0, 0.05) is 19.3 Å². The molecular formula is C22H23N3O5. The third-order valence-corrected chi connectivity index (χ3v) is 4.84. The lowest BCUT2D eigenvalue weighted by Crippen LogP contribution is -2.28. The van der Waals surface area contributed by atoms with Crippen LogP contribution in [0.1, 0.15) is 28.5 Å². The molecule has 156 valence electrons. The molecule has 8 heteroatoms. The van der Waals surface area contributed by atoms with Crippen molar-refractivity contribution in [1.29, 1.82) is 0 Å². The summed E-state index contributed by atoms with van der Waals surface area (Å²) in [5.41, 5.74) is 7.86. The van der Waals surface area contributed by atoms with E-state index in [1.54, 1.807) is 12.1 Å². The van der Waals surface area contributed by atoms with Crippen LogP contribution in [0.15, 0.2) is 48.5 Å². The molecule has 2 amide bonds. The van der Waals surface area contributed by atoms with Gasteiger partial charge in [-0.2, -0.15) is 0 Å². The lowest BCUT2D eigenvalue weighted by Gasteiger charge is -2.12. The number of carbonyl (C=O) groups excluding carboxylic acids is 3. The van der Waals surface area contributed by atoms with Crippen molar-refractivity contribution in [1.82, 2.24) is 9.63 Å². The van der Waals surface area contributed by atoms with Gasteiger partial charge >= 0.3 is 0 Å². The van der Waals surface area contributed by atoms with Crippen LogP contribution in [-0.2, 0) is 22.6 Å². The fourth-order valence-electron chi connectivity index (χ4n) is 3.46. The van der Waals surface area contributed by atoms with E-state index in [-0.39, 0.29) is 11.3 Å². The molecule has 2 aromatic carbocycles. The minimum Gasteiger partial charge on any atom is -0.483 e. The summed E-state index contributed by atoms with van der Waals surface area (Å²) in [5, 5.41) is 10.1. The van der Waals surface area contributed by atoms with Crippen molar-refractivity contribution in [2.24, 2.45) is 5.73 Å². The lowest BCUT2D eigenvalue weighted by atomic mass is 10.0. The van der Waals surface area contributed by atoms with Crippen LogP contribution in [0.2, 0.25) is 0 Å².